The van der Waals surface area contributed by atoms with Crippen LogP contribution in [0.15, 0.2) is 46.9 Å². The number of rotatable bonds is 4. The fourth-order valence-electron chi connectivity index (χ4n) is 1.79. The Morgan fingerprint density at radius 3 is 2.53 bits per heavy atom. The quantitative estimate of drug-likeness (QED) is 0.816. The first kappa shape index (κ1) is 14.5. The van der Waals surface area contributed by atoms with Gasteiger partial charge in [-0.25, -0.2) is 4.39 Å². The van der Waals surface area contributed by atoms with Crippen LogP contribution in [0, 0.1) is 5.82 Å². The van der Waals surface area contributed by atoms with Gasteiger partial charge in [0.15, 0.2) is 0 Å². The van der Waals surface area contributed by atoms with Gasteiger partial charge >= 0.3 is 0 Å². The maximum atomic E-state index is 13.1. The van der Waals surface area contributed by atoms with Crippen molar-refractivity contribution >= 4 is 27.5 Å². The molecular formula is C15H14BrClFN. The maximum Gasteiger partial charge on any atom is 0.137 e. The fourth-order valence-corrected chi connectivity index (χ4v) is 2.34. The summed E-state index contributed by atoms with van der Waals surface area (Å²) in [5, 5.41) is 4.13. The van der Waals surface area contributed by atoms with E-state index in [1.807, 2.05) is 24.3 Å². The Bertz CT molecular complexity index is 557. The van der Waals surface area contributed by atoms with Crippen molar-refractivity contribution in [3.8, 4) is 0 Å². The van der Waals surface area contributed by atoms with Crippen LogP contribution in [0.1, 0.15) is 24.1 Å². The smallest absolute Gasteiger partial charge is 0.137 e. The van der Waals surface area contributed by atoms with Gasteiger partial charge in [0.2, 0.25) is 0 Å². The fraction of sp³-hybridized carbons (Fsp3) is 0.200. The predicted octanol–water partition coefficient (Wildman–Crippen LogP) is 5.09. The molecule has 2 rings (SSSR count). The molecule has 0 heterocycles. The van der Waals surface area contributed by atoms with E-state index in [4.69, 9.17) is 11.6 Å². The van der Waals surface area contributed by atoms with E-state index >= 15 is 0 Å². The van der Waals surface area contributed by atoms with E-state index in [-0.39, 0.29) is 11.9 Å². The summed E-state index contributed by atoms with van der Waals surface area (Å²) in [6.45, 7) is 2.77. The predicted molar refractivity (Wildman–Crippen MR) is 80.8 cm³/mol. The second kappa shape index (κ2) is 6.51. The third-order valence-corrected chi connectivity index (χ3v) is 3.83. The molecule has 1 nitrogen and oxygen atoms in total. The highest BCUT2D eigenvalue weighted by Crippen LogP contribution is 2.19. The minimum absolute atomic E-state index is 0.209. The summed E-state index contributed by atoms with van der Waals surface area (Å²) in [6.07, 6.45) is 0. The molecule has 2 aromatic rings. The van der Waals surface area contributed by atoms with Crippen molar-refractivity contribution in [2.45, 2.75) is 19.5 Å². The molecule has 0 unspecified atom stereocenters. The van der Waals surface area contributed by atoms with Gasteiger partial charge in [0.05, 0.1) is 4.47 Å². The minimum Gasteiger partial charge on any atom is -0.306 e. The zero-order valence-electron chi connectivity index (χ0n) is 10.5. The third-order valence-electron chi connectivity index (χ3n) is 2.97. The number of hydrogen-bond donors (Lipinski definition) is 1. The molecule has 1 atom stereocenters. The molecule has 4 heteroatoms. The van der Waals surface area contributed by atoms with E-state index in [1.54, 1.807) is 12.1 Å². The van der Waals surface area contributed by atoms with Crippen molar-refractivity contribution in [1.82, 2.24) is 5.32 Å². The van der Waals surface area contributed by atoms with Crippen molar-refractivity contribution < 1.29 is 4.39 Å². The molecule has 0 aliphatic heterocycles. The van der Waals surface area contributed by atoms with Crippen LogP contribution in [-0.4, -0.2) is 0 Å². The van der Waals surface area contributed by atoms with Crippen LogP contribution >= 0.6 is 27.5 Å². The van der Waals surface area contributed by atoms with Crippen LogP contribution in [0.3, 0.4) is 0 Å². The molecular weight excluding hydrogens is 329 g/mol. The van der Waals surface area contributed by atoms with Gasteiger partial charge in [0.25, 0.3) is 0 Å². The highest BCUT2D eigenvalue weighted by Gasteiger charge is 2.06. The minimum atomic E-state index is -0.241. The maximum absolute atomic E-state index is 13.1. The lowest BCUT2D eigenvalue weighted by molar-refractivity contribution is 0.572. The van der Waals surface area contributed by atoms with Crippen LogP contribution in [0.5, 0.6) is 0 Å². The highest BCUT2D eigenvalue weighted by molar-refractivity contribution is 9.10. The van der Waals surface area contributed by atoms with E-state index in [1.165, 1.54) is 11.6 Å². The van der Waals surface area contributed by atoms with E-state index in [0.29, 0.717) is 11.0 Å². The molecule has 0 aromatic heterocycles. The molecule has 0 fully saturated rings. The number of halogens is 3. The highest BCUT2D eigenvalue weighted by atomic mass is 79.9. The summed E-state index contributed by atoms with van der Waals surface area (Å²) in [6, 6.07) is 13.0. The molecule has 0 spiro atoms. The summed E-state index contributed by atoms with van der Waals surface area (Å²) in [7, 11) is 0. The van der Waals surface area contributed by atoms with Crippen molar-refractivity contribution in [2.75, 3.05) is 0 Å². The average Bonchev–Trinajstić information content (AvgIpc) is 2.40. The molecule has 0 saturated carbocycles. The molecule has 0 amide bonds. The zero-order chi connectivity index (χ0) is 13.8. The Morgan fingerprint density at radius 1 is 1.21 bits per heavy atom. The lowest BCUT2D eigenvalue weighted by Gasteiger charge is -2.14. The van der Waals surface area contributed by atoms with Crippen LogP contribution in [0.25, 0.3) is 0 Å². The topological polar surface area (TPSA) is 12.0 Å². The Labute approximate surface area is 125 Å². The normalized spacial score (nSPS) is 12.4. The van der Waals surface area contributed by atoms with Gasteiger partial charge in [-0.15, -0.1) is 0 Å². The van der Waals surface area contributed by atoms with E-state index in [2.05, 4.69) is 28.2 Å². The summed E-state index contributed by atoms with van der Waals surface area (Å²) in [4.78, 5) is 0. The Morgan fingerprint density at radius 2 is 1.89 bits per heavy atom. The van der Waals surface area contributed by atoms with Crippen molar-refractivity contribution in [2.24, 2.45) is 0 Å². The molecule has 2 aromatic carbocycles. The summed E-state index contributed by atoms with van der Waals surface area (Å²) in [5.74, 6) is -0.241. The SMILES string of the molecule is C[C@H](NCc1ccc(F)c(Br)c1)c1ccc(Cl)cc1. The Balaban J connectivity index is 1.98. The molecule has 19 heavy (non-hydrogen) atoms. The molecule has 0 aliphatic carbocycles. The third kappa shape index (κ3) is 4.03. The molecule has 0 radical (unpaired) electrons. The number of hydrogen-bond acceptors (Lipinski definition) is 1. The number of nitrogens with one attached hydrogen (secondary N) is 1. The summed E-state index contributed by atoms with van der Waals surface area (Å²) >= 11 is 9.05. The first-order valence-corrected chi connectivity index (χ1v) is 7.16. The summed E-state index contributed by atoms with van der Waals surface area (Å²) in [5.41, 5.74) is 2.21. The van der Waals surface area contributed by atoms with Gasteiger partial charge in [0.1, 0.15) is 5.82 Å². The molecule has 0 saturated heterocycles. The summed E-state index contributed by atoms with van der Waals surface area (Å²) < 4.78 is 13.6. The molecule has 100 valence electrons. The van der Waals surface area contributed by atoms with E-state index < -0.39 is 0 Å². The lowest BCUT2D eigenvalue weighted by Crippen LogP contribution is -2.18. The van der Waals surface area contributed by atoms with Crippen LogP contribution < -0.4 is 5.32 Å². The molecule has 1 N–H and O–H groups in total. The molecule has 0 aliphatic rings. The van der Waals surface area contributed by atoms with Gasteiger partial charge < -0.3 is 5.32 Å². The van der Waals surface area contributed by atoms with Gasteiger partial charge in [-0.3, -0.25) is 0 Å². The Hall–Kier alpha value is -0.900. The second-order valence-corrected chi connectivity index (χ2v) is 5.69. The lowest BCUT2D eigenvalue weighted by atomic mass is 10.1. The van der Waals surface area contributed by atoms with Crippen molar-refractivity contribution in [1.29, 1.82) is 0 Å². The van der Waals surface area contributed by atoms with Crippen LogP contribution in [0.2, 0.25) is 5.02 Å². The van der Waals surface area contributed by atoms with Gasteiger partial charge in [0, 0.05) is 17.6 Å². The van der Waals surface area contributed by atoms with Crippen LogP contribution in [0.4, 0.5) is 4.39 Å². The van der Waals surface area contributed by atoms with Crippen LogP contribution in [-0.2, 0) is 6.54 Å². The van der Waals surface area contributed by atoms with Crippen molar-refractivity contribution in [3.63, 3.8) is 0 Å². The standard InChI is InChI=1S/C15H14BrClFN/c1-10(12-3-5-13(17)6-4-12)19-9-11-2-7-15(18)14(16)8-11/h2-8,10,19H,9H2,1H3/t10-/m0/s1. The van der Waals surface area contributed by atoms with Gasteiger partial charge in [-0.1, -0.05) is 29.8 Å². The molecule has 0 bridgehead atoms. The second-order valence-electron chi connectivity index (χ2n) is 4.40. The largest absolute Gasteiger partial charge is 0.306 e. The average molecular weight is 343 g/mol. The van der Waals surface area contributed by atoms with E-state index in [9.17, 15) is 4.39 Å². The first-order chi connectivity index (χ1) is 9.06. The van der Waals surface area contributed by atoms with E-state index in [0.717, 1.165) is 10.6 Å². The van der Waals surface area contributed by atoms with Crippen molar-refractivity contribution in [3.05, 3.63) is 68.9 Å². The zero-order valence-corrected chi connectivity index (χ0v) is 12.8. The Kier molecular flexibility index (Phi) is 4.97. The monoisotopic (exact) mass is 341 g/mol. The van der Waals surface area contributed by atoms with Gasteiger partial charge in [-0.05, 0) is 58.2 Å². The first-order valence-electron chi connectivity index (χ1n) is 5.99. The van der Waals surface area contributed by atoms with Gasteiger partial charge in [-0.2, -0.15) is 0 Å². The number of benzene rings is 2.